The van der Waals surface area contributed by atoms with Gasteiger partial charge in [0.05, 0.1) is 6.04 Å². The molecule has 3 rings (SSSR count). The van der Waals surface area contributed by atoms with Crippen LogP contribution >= 0.6 is 0 Å². The van der Waals surface area contributed by atoms with E-state index in [1.807, 2.05) is 0 Å². The quantitative estimate of drug-likeness (QED) is 0.853. The number of benzene rings is 1. The van der Waals surface area contributed by atoms with Crippen LogP contribution in [0.15, 0.2) is 24.3 Å². The number of nitrogens with one attached hydrogen (secondary N) is 2. The second kappa shape index (κ2) is 5.33. The topological polar surface area (TPSA) is 41.1 Å². The van der Waals surface area contributed by atoms with E-state index in [4.69, 9.17) is 0 Å². The highest BCUT2D eigenvalue weighted by Gasteiger charge is 2.29. The van der Waals surface area contributed by atoms with E-state index in [1.54, 1.807) is 0 Å². The molecule has 3 unspecified atom stereocenters. The Labute approximate surface area is 114 Å². The lowest BCUT2D eigenvalue weighted by Crippen LogP contribution is -2.43. The van der Waals surface area contributed by atoms with E-state index in [-0.39, 0.29) is 17.9 Å². The van der Waals surface area contributed by atoms with E-state index in [0.29, 0.717) is 6.04 Å². The van der Waals surface area contributed by atoms with Crippen molar-refractivity contribution in [3.63, 3.8) is 0 Å². The van der Waals surface area contributed by atoms with Crippen molar-refractivity contribution in [2.24, 2.45) is 5.92 Å². The minimum atomic E-state index is 0.184. The maximum absolute atomic E-state index is 12.4. The van der Waals surface area contributed by atoms with Crippen LogP contribution < -0.4 is 10.6 Å². The predicted molar refractivity (Wildman–Crippen MR) is 75.8 cm³/mol. The summed E-state index contributed by atoms with van der Waals surface area (Å²) in [4.78, 5) is 12.4. The van der Waals surface area contributed by atoms with Crippen LogP contribution in [-0.2, 0) is 11.2 Å². The molecule has 19 heavy (non-hydrogen) atoms. The molecule has 0 spiro atoms. The lowest BCUT2D eigenvalue weighted by atomic mass is 9.92. The van der Waals surface area contributed by atoms with Gasteiger partial charge < -0.3 is 10.6 Å². The van der Waals surface area contributed by atoms with E-state index >= 15 is 0 Å². The SMILES string of the molecule is CC1CC(C(=O)NC2CCc3ccccc32)CCN1. The summed E-state index contributed by atoms with van der Waals surface area (Å²) in [5, 5.41) is 6.65. The number of hydrogen-bond donors (Lipinski definition) is 2. The Morgan fingerprint density at radius 3 is 3.00 bits per heavy atom. The number of piperidine rings is 1. The van der Waals surface area contributed by atoms with Gasteiger partial charge in [-0.15, -0.1) is 0 Å². The zero-order valence-electron chi connectivity index (χ0n) is 11.5. The lowest BCUT2D eigenvalue weighted by Gasteiger charge is -2.28. The first-order valence-corrected chi connectivity index (χ1v) is 7.35. The minimum absolute atomic E-state index is 0.184. The van der Waals surface area contributed by atoms with Gasteiger partial charge >= 0.3 is 0 Å². The van der Waals surface area contributed by atoms with Crippen molar-refractivity contribution < 1.29 is 4.79 Å². The number of carbonyl (C=O) groups is 1. The van der Waals surface area contributed by atoms with Gasteiger partial charge in [-0.05, 0) is 50.3 Å². The molecule has 1 aromatic carbocycles. The van der Waals surface area contributed by atoms with Crippen molar-refractivity contribution in [3.05, 3.63) is 35.4 Å². The van der Waals surface area contributed by atoms with Crippen molar-refractivity contribution in [3.8, 4) is 0 Å². The second-order valence-corrected chi connectivity index (χ2v) is 5.88. The molecule has 1 aliphatic heterocycles. The summed E-state index contributed by atoms with van der Waals surface area (Å²) in [6.07, 6.45) is 4.06. The molecular formula is C16H22N2O. The summed E-state index contributed by atoms with van der Waals surface area (Å²) in [5.41, 5.74) is 2.71. The standard InChI is InChI=1S/C16H22N2O/c1-11-10-13(8-9-17-11)16(19)18-15-7-6-12-4-2-3-5-14(12)15/h2-5,11,13,15,17H,6-10H2,1H3,(H,18,19). The summed E-state index contributed by atoms with van der Waals surface area (Å²) < 4.78 is 0. The molecule has 1 aromatic rings. The fourth-order valence-electron chi connectivity index (χ4n) is 3.37. The predicted octanol–water partition coefficient (Wildman–Crippen LogP) is 2.18. The van der Waals surface area contributed by atoms with Crippen LogP contribution in [0.1, 0.15) is 43.4 Å². The van der Waals surface area contributed by atoms with Gasteiger partial charge in [0.2, 0.25) is 5.91 Å². The van der Waals surface area contributed by atoms with Gasteiger partial charge in [0.15, 0.2) is 0 Å². The van der Waals surface area contributed by atoms with E-state index < -0.39 is 0 Å². The Morgan fingerprint density at radius 1 is 1.32 bits per heavy atom. The van der Waals surface area contributed by atoms with Gasteiger partial charge in [-0.25, -0.2) is 0 Å². The van der Waals surface area contributed by atoms with Crippen molar-refractivity contribution in [2.75, 3.05) is 6.54 Å². The molecule has 2 N–H and O–H groups in total. The summed E-state index contributed by atoms with van der Waals surface area (Å²) >= 11 is 0. The molecule has 0 saturated carbocycles. The Morgan fingerprint density at radius 2 is 2.16 bits per heavy atom. The van der Waals surface area contributed by atoms with Crippen LogP contribution in [0.4, 0.5) is 0 Å². The second-order valence-electron chi connectivity index (χ2n) is 5.88. The van der Waals surface area contributed by atoms with Crippen LogP contribution in [0.25, 0.3) is 0 Å². The van der Waals surface area contributed by atoms with Crippen molar-refractivity contribution in [1.29, 1.82) is 0 Å². The maximum atomic E-state index is 12.4. The van der Waals surface area contributed by atoms with Crippen LogP contribution in [0.3, 0.4) is 0 Å². The average molecular weight is 258 g/mol. The normalized spacial score (nSPS) is 29.8. The smallest absolute Gasteiger partial charge is 0.223 e. The summed E-state index contributed by atoms with van der Waals surface area (Å²) in [5.74, 6) is 0.430. The highest BCUT2D eigenvalue weighted by molar-refractivity contribution is 5.79. The monoisotopic (exact) mass is 258 g/mol. The molecule has 3 heteroatoms. The molecule has 2 aliphatic rings. The van der Waals surface area contributed by atoms with E-state index in [0.717, 1.165) is 32.2 Å². The Kier molecular flexibility index (Phi) is 3.56. The summed E-state index contributed by atoms with van der Waals surface area (Å²) in [7, 11) is 0. The van der Waals surface area contributed by atoms with Gasteiger partial charge in [-0.1, -0.05) is 24.3 Å². The molecule has 0 bridgehead atoms. The Balaban J connectivity index is 1.64. The molecule has 1 aliphatic carbocycles. The van der Waals surface area contributed by atoms with Crippen molar-refractivity contribution >= 4 is 5.91 Å². The molecule has 1 saturated heterocycles. The third-order valence-electron chi connectivity index (χ3n) is 4.44. The zero-order valence-corrected chi connectivity index (χ0v) is 11.5. The average Bonchev–Trinajstić information content (AvgIpc) is 2.82. The first kappa shape index (κ1) is 12.7. The molecule has 1 fully saturated rings. The van der Waals surface area contributed by atoms with Crippen LogP contribution in [-0.4, -0.2) is 18.5 Å². The van der Waals surface area contributed by atoms with E-state index in [2.05, 4.69) is 41.8 Å². The third kappa shape index (κ3) is 2.66. The molecule has 1 heterocycles. The number of aryl methyl sites for hydroxylation is 1. The lowest BCUT2D eigenvalue weighted by molar-refractivity contribution is -0.126. The fourth-order valence-corrected chi connectivity index (χ4v) is 3.37. The zero-order chi connectivity index (χ0) is 13.2. The maximum Gasteiger partial charge on any atom is 0.223 e. The summed E-state index contributed by atoms with van der Waals surface area (Å²) in [6, 6.07) is 9.16. The van der Waals surface area contributed by atoms with Crippen molar-refractivity contribution in [1.82, 2.24) is 10.6 Å². The Hall–Kier alpha value is -1.35. The number of fused-ring (bicyclic) bond motifs is 1. The number of hydrogen-bond acceptors (Lipinski definition) is 2. The molecule has 102 valence electrons. The molecule has 3 nitrogen and oxygen atoms in total. The number of carbonyl (C=O) groups excluding carboxylic acids is 1. The third-order valence-corrected chi connectivity index (χ3v) is 4.44. The Bertz CT molecular complexity index is 472. The van der Waals surface area contributed by atoms with Gasteiger partial charge in [-0.3, -0.25) is 4.79 Å². The van der Waals surface area contributed by atoms with Crippen LogP contribution in [0.5, 0.6) is 0 Å². The first-order valence-electron chi connectivity index (χ1n) is 7.35. The largest absolute Gasteiger partial charge is 0.349 e. The van der Waals surface area contributed by atoms with Gasteiger partial charge in [0.25, 0.3) is 0 Å². The molecule has 0 radical (unpaired) electrons. The van der Waals surface area contributed by atoms with E-state index in [1.165, 1.54) is 11.1 Å². The van der Waals surface area contributed by atoms with Gasteiger partial charge in [-0.2, -0.15) is 0 Å². The van der Waals surface area contributed by atoms with E-state index in [9.17, 15) is 4.79 Å². The molecule has 0 aromatic heterocycles. The van der Waals surface area contributed by atoms with Crippen LogP contribution in [0, 0.1) is 5.92 Å². The molecule has 3 atom stereocenters. The van der Waals surface area contributed by atoms with Crippen LogP contribution in [0.2, 0.25) is 0 Å². The molecule has 1 amide bonds. The molecular weight excluding hydrogens is 236 g/mol. The van der Waals surface area contributed by atoms with Gasteiger partial charge in [0.1, 0.15) is 0 Å². The number of rotatable bonds is 2. The fraction of sp³-hybridized carbons (Fsp3) is 0.562. The van der Waals surface area contributed by atoms with Crippen molar-refractivity contribution in [2.45, 2.75) is 44.7 Å². The minimum Gasteiger partial charge on any atom is -0.349 e. The highest BCUT2D eigenvalue weighted by atomic mass is 16.1. The summed E-state index contributed by atoms with van der Waals surface area (Å²) in [6.45, 7) is 3.12. The number of amides is 1. The first-order chi connectivity index (χ1) is 9.24. The van der Waals surface area contributed by atoms with Gasteiger partial charge in [0, 0.05) is 12.0 Å². The highest BCUT2D eigenvalue weighted by Crippen LogP contribution is 2.31.